The van der Waals surface area contributed by atoms with Crippen molar-refractivity contribution in [2.24, 2.45) is 0 Å². The summed E-state index contributed by atoms with van der Waals surface area (Å²) in [6.07, 6.45) is 7.66. The van der Waals surface area contributed by atoms with Crippen molar-refractivity contribution < 1.29 is 4.74 Å². The van der Waals surface area contributed by atoms with Gasteiger partial charge in [0.15, 0.2) is 0 Å². The number of nitrogens with one attached hydrogen (secondary N) is 1. The molecule has 5 heteroatoms. The SMILES string of the molecule is CCN(CC)CCCCCCCC(C)Nc1c2ccc(Cl)cc2nc2ccc(OC)cc12. The standard InChI is InChI=1S/C27H38ClN3O/c1-5-31(6-2)17-11-9-7-8-10-12-20(3)29-27-23-15-13-21(28)18-26(23)30-25-16-14-22(32-4)19-24(25)27/h13-16,18-20H,5-12,17H2,1-4H3,(H,29,30). The molecule has 0 aliphatic heterocycles. The van der Waals surface area contributed by atoms with Crippen LogP contribution in [0.3, 0.4) is 0 Å². The first-order valence-electron chi connectivity index (χ1n) is 12.1. The molecule has 0 aliphatic carbocycles. The van der Waals surface area contributed by atoms with E-state index in [-0.39, 0.29) is 0 Å². The number of hydrogen-bond donors (Lipinski definition) is 1. The molecule has 0 saturated carbocycles. The molecule has 1 N–H and O–H groups in total. The summed E-state index contributed by atoms with van der Waals surface area (Å²) in [6, 6.07) is 12.4. The molecule has 3 rings (SSSR count). The van der Waals surface area contributed by atoms with Crippen molar-refractivity contribution >= 4 is 39.1 Å². The molecule has 1 atom stereocenters. The van der Waals surface area contributed by atoms with Gasteiger partial charge in [-0.05, 0) is 75.8 Å². The predicted octanol–water partition coefficient (Wildman–Crippen LogP) is 7.53. The van der Waals surface area contributed by atoms with Gasteiger partial charge in [0.25, 0.3) is 0 Å². The van der Waals surface area contributed by atoms with Crippen LogP contribution in [0.2, 0.25) is 5.02 Å². The number of unbranched alkanes of at least 4 members (excludes halogenated alkanes) is 4. The van der Waals surface area contributed by atoms with Gasteiger partial charge in [-0.2, -0.15) is 0 Å². The second-order valence-electron chi connectivity index (χ2n) is 8.66. The molecule has 0 spiro atoms. The van der Waals surface area contributed by atoms with Gasteiger partial charge in [0.05, 0.1) is 23.8 Å². The molecule has 2 aromatic carbocycles. The summed E-state index contributed by atoms with van der Waals surface area (Å²) in [5.41, 5.74) is 2.98. The summed E-state index contributed by atoms with van der Waals surface area (Å²) in [6.45, 7) is 10.3. The number of rotatable bonds is 13. The smallest absolute Gasteiger partial charge is 0.119 e. The van der Waals surface area contributed by atoms with E-state index in [0.29, 0.717) is 11.1 Å². The Bertz CT molecular complexity index is 1000. The molecule has 4 nitrogen and oxygen atoms in total. The fourth-order valence-corrected chi connectivity index (χ4v) is 4.52. The molecular formula is C27H38ClN3O. The van der Waals surface area contributed by atoms with Gasteiger partial charge in [0, 0.05) is 21.8 Å². The Morgan fingerprint density at radius 3 is 2.44 bits per heavy atom. The molecule has 1 aromatic heterocycles. The molecule has 32 heavy (non-hydrogen) atoms. The van der Waals surface area contributed by atoms with Gasteiger partial charge >= 0.3 is 0 Å². The minimum absolute atomic E-state index is 0.376. The zero-order valence-corrected chi connectivity index (χ0v) is 20.8. The first kappa shape index (κ1) is 24.6. The average Bonchev–Trinajstić information content (AvgIpc) is 2.80. The molecule has 0 fully saturated rings. The highest BCUT2D eigenvalue weighted by atomic mass is 35.5. The van der Waals surface area contributed by atoms with Crippen molar-refractivity contribution in [3.8, 4) is 5.75 Å². The summed E-state index contributed by atoms with van der Waals surface area (Å²) < 4.78 is 5.47. The van der Waals surface area contributed by atoms with Gasteiger partial charge in [-0.1, -0.05) is 51.1 Å². The third-order valence-corrected chi connectivity index (χ3v) is 6.57. The zero-order chi connectivity index (χ0) is 22.9. The fraction of sp³-hybridized carbons (Fsp3) is 0.519. The van der Waals surface area contributed by atoms with Gasteiger partial charge in [-0.15, -0.1) is 0 Å². The first-order chi connectivity index (χ1) is 15.5. The quantitative estimate of drug-likeness (QED) is 0.213. The van der Waals surface area contributed by atoms with Crippen molar-refractivity contribution in [2.75, 3.05) is 32.1 Å². The van der Waals surface area contributed by atoms with Gasteiger partial charge in [-0.25, -0.2) is 4.98 Å². The highest BCUT2D eigenvalue weighted by molar-refractivity contribution is 6.31. The molecule has 0 aliphatic rings. The van der Waals surface area contributed by atoms with Gasteiger partial charge in [0.2, 0.25) is 0 Å². The first-order valence-corrected chi connectivity index (χ1v) is 12.5. The number of halogens is 1. The zero-order valence-electron chi connectivity index (χ0n) is 20.1. The van der Waals surface area contributed by atoms with E-state index in [9.17, 15) is 0 Å². The summed E-state index contributed by atoms with van der Waals surface area (Å²) in [5.74, 6) is 0.841. The van der Waals surface area contributed by atoms with Crippen LogP contribution in [-0.4, -0.2) is 42.7 Å². The van der Waals surface area contributed by atoms with Crippen molar-refractivity contribution in [3.63, 3.8) is 0 Å². The highest BCUT2D eigenvalue weighted by Gasteiger charge is 2.13. The number of methoxy groups -OCH3 is 1. The van der Waals surface area contributed by atoms with Crippen molar-refractivity contribution in [1.29, 1.82) is 0 Å². The van der Waals surface area contributed by atoms with Crippen molar-refractivity contribution in [3.05, 3.63) is 41.4 Å². The molecule has 0 radical (unpaired) electrons. The Labute approximate surface area is 198 Å². The number of aromatic nitrogens is 1. The molecule has 0 bridgehead atoms. The third kappa shape index (κ3) is 6.49. The molecule has 3 aromatic rings. The van der Waals surface area contributed by atoms with Gasteiger partial charge in [-0.3, -0.25) is 0 Å². The number of nitrogens with zero attached hydrogens (tertiary/aromatic N) is 2. The Kier molecular flexibility index (Phi) is 9.43. The molecule has 0 amide bonds. The van der Waals surface area contributed by atoms with Crippen LogP contribution in [0.1, 0.15) is 59.3 Å². The lowest BCUT2D eigenvalue weighted by Gasteiger charge is -2.19. The second kappa shape index (κ2) is 12.3. The van der Waals surface area contributed by atoms with Crippen LogP contribution in [0.5, 0.6) is 5.75 Å². The van der Waals surface area contributed by atoms with E-state index in [1.54, 1.807) is 7.11 Å². The molecule has 0 saturated heterocycles. The average molecular weight is 456 g/mol. The van der Waals surface area contributed by atoms with Crippen LogP contribution in [-0.2, 0) is 0 Å². The van der Waals surface area contributed by atoms with Crippen LogP contribution in [0.15, 0.2) is 36.4 Å². The number of benzene rings is 2. The molecule has 1 unspecified atom stereocenters. The summed E-state index contributed by atoms with van der Waals surface area (Å²) in [4.78, 5) is 7.34. The van der Waals surface area contributed by atoms with Crippen LogP contribution >= 0.6 is 11.6 Å². The Morgan fingerprint density at radius 1 is 0.938 bits per heavy atom. The minimum atomic E-state index is 0.376. The Balaban J connectivity index is 1.62. The van der Waals surface area contributed by atoms with Crippen molar-refractivity contribution in [1.82, 2.24) is 9.88 Å². The van der Waals surface area contributed by atoms with Crippen LogP contribution in [0.4, 0.5) is 5.69 Å². The highest BCUT2D eigenvalue weighted by Crippen LogP contribution is 2.34. The lowest BCUT2D eigenvalue weighted by Crippen LogP contribution is -2.23. The molecule has 1 heterocycles. The number of pyridine rings is 1. The lowest BCUT2D eigenvalue weighted by molar-refractivity contribution is 0.295. The predicted molar refractivity (Wildman–Crippen MR) is 139 cm³/mol. The molecule has 174 valence electrons. The minimum Gasteiger partial charge on any atom is -0.497 e. The van der Waals surface area contributed by atoms with Crippen LogP contribution in [0, 0.1) is 0 Å². The Morgan fingerprint density at radius 2 is 1.69 bits per heavy atom. The van der Waals surface area contributed by atoms with Crippen LogP contribution < -0.4 is 10.1 Å². The number of fused-ring (bicyclic) bond motifs is 2. The monoisotopic (exact) mass is 455 g/mol. The lowest BCUT2D eigenvalue weighted by atomic mass is 10.0. The van der Waals surface area contributed by atoms with E-state index < -0.39 is 0 Å². The van der Waals surface area contributed by atoms with Gasteiger partial charge < -0.3 is 15.0 Å². The van der Waals surface area contributed by atoms with Crippen LogP contribution in [0.25, 0.3) is 21.8 Å². The molecular weight excluding hydrogens is 418 g/mol. The van der Waals surface area contributed by atoms with Gasteiger partial charge in [0.1, 0.15) is 5.75 Å². The van der Waals surface area contributed by atoms with E-state index in [2.05, 4.69) is 43.1 Å². The topological polar surface area (TPSA) is 37.4 Å². The van der Waals surface area contributed by atoms with E-state index in [4.69, 9.17) is 21.3 Å². The summed E-state index contributed by atoms with van der Waals surface area (Å²) >= 11 is 6.25. The second-order valence-corrected chi connectivity index (χ2v) is 9.10. The van der Waals surface area contributed by atoms with E-state index in [1.165, 1.54) is 38.6 Å². The fourth-order valence-electron chi connectivity index (χ4n) is 4.35. The largest absolute Gasteiger partial charge is 0.497 e. The van der Waals surface area contributed by atoms with E-state index >= 15 is 0 Å². The maximum atomic E-state index is 6.25. The number of ether oxygens (including phenoxy) is 1. The normalized spacial score (nSPS) is 12.6. The maximum absolute atomic E-state index is 6.25. The Hall–Kier alpha value is -2.04. The van der Waals surface area contributed by atoms with E-state index in [1.807, 2.05) is 24.3 Å². The summed E-state index contributed by atoms with van der Waals surface area (Å²) in [5, 5.41) is 6.67. The maximum Gasteiger partial charge on any atom is 0.119 e. The number of anilines is 1. The van der Waals surface area contributed by atoms with E-state index in [0.717, 1.165) is 52.8 Å². The number of hydrogen-bond acceptors (Lipinski definition) is 4. The summed E-state index contributed by atoms with van der Waals surface area (Å²) in [7, 11) is 1.70. The van der Waals surface area contributed by atoms with Crippen molar-refractivity contribution in [2.45, 2.75) is 65.3 Å². The third-order valence-electron chi connectivity index (χ3n) is 6.34.